The molecule has 0 bridgehead atoms. The largest absolute Gasteiger partial charge is 0.465 e. The van der Waals surface area contributed by atoms with Crippen LogP contribution in [-0.2, 0) is 22.6 Å². The lowest BCUT2D eigenvalue weighted by Gasteiger charge is -2.32. The minimum atomic E-state index is -0.268. The third-order valence-electron chi connectivity index (χ3n) is 8.68. The van der Waals surface area contributed by atoms with E-state index in [-0.39, 0.29) is 5.97 Å². The summed E-state index contributed by atoms with van der Waals surface area (Å²) in [4.78, 5) is 17.6. The Balaban J connectivity index is 1.44. The number of ether oxygens (including phenoxy) is 2. The van der Waals surface area contributed by atoms with E-state index < -0.39 is 0 Å². The van der Waals surface area contributed by atoms with Crippen LogP contribution in [-0.4, -0.2) is 73.4 Å². The predicted octanol–water partition coefficient (Wildman–Crippen LogP) is 5.29. The number of aromatic nitrogens is 1. The molecule has 0 atom stereocenters. The summed E-state index contributed by atoms with van der Waals surface area (Å²) in [5.41, 5.74) is 7.44. The number of carbonyl (C=O) groups is 1. The van der Waals surface area contributed by atoms with Gasteiger partial charge in [0.05, 0.1) is 31.6 Å². The molecule has 6 heteroatoms. The zero-order chi connectivity index (χ0) is 25.2. The van der Waals surface area contributed by atoms with Crippen molar-refractivity contribution >= 4 is 16.9 Å². The third-order valence-corrected chi connectivity index (χ3v) is 8.68. The first-order valence-electron chi connectivity index (χ1n) is 14.1. The van der Waals surface area contributed by atoms with E-state index in [1.807, 2.05) is 6.07 Å². The average molecular weight is 502 g/mol. The molecule has 2 fully saturated rings. The van der Waals surface area contributed by atoms with Gasteiger partial charge in [-0.3, -0.25) is 9.80 Å². The molecule has 1 saturated heterocycles. The second-order valence-corrected chi connectivity index (χ2v) is 10.9. The lowest BCUT2D eigenvalue weighted by atomic mass is 9.81. The molecule has 37 heavy (non-hydrogen) atoms. The fourth-order valence-corrected chi connectivity index (χ4v) is 6.70. The van der Waals surface area contributed by atoms with E-state index in [2.05, 4.69) is 50.8 Å². The van der Waals surface area contributed by atoms with Gasteiger partial charge in [-0.15, -0.1) is 0 Å². The fourth-order valence-electron chi connectivity index (χ4n) is 6.70. The quantitative estimate of drug-likeness (QED) is 0.445. The molecule has 0 unspecified atom stereocenters. The van der Waals surface area contributed by atoms with E-state index in [1.54, 1.807) is 0 Å². The molecular weight excluding hydrogens is 462 g/mol. The maximum atomic E-state index is 12.5. The molecule has 3 heterocycles. The van der Waals surface area contributed by atoms with Crippen LogP contribution in [0.15, 0.2) is 42.5 Å². The summed E-state index contributed by atoms with van der Waals surface area (Å²) in [7, 11) is 1.46. The number of fused-ring (bicyclic) bond motifs is 5. The van der Waals surface area contributed by atoms with E-state index in [4.69, 9.17) is 9.47 Å². The molecule has 0 spiro atoms. The van der Waals surface area contributed by atoms with Gasteiger partial charge in [0.1, 0.15) is 0 Å². The van der Waals surface area contributed by atoms with Crippen molar-refractivity contribution in [3.8, 4) is 11.3 Å². The van der Waals surface area contributed by atoms with Crippen molar-refractivity contribution in [2.45, 2.75) is 51.1 Å². The summed E-state index contributed by atoms with van der Waals surface area (Å²) < 4.78 is 13.2. The molecule has 6 nitrogen and oxygen atoms in total. The Morgan fingerprint density at radius 2 is 1.73 bits per heavy atom. The standard InChI is InChI=1S/C31H39N3O3/c1-36-31(35)24-11-12-27-28(21-24)34-16-15-33(14-13-32-17-19-37-20-18-32)22-25-9-5-6-10-26(25)30(34)29(27)23-7-3-2-4-8-23/h5-6,9-12,21,23H,2-4,7-8,13-20,22H2,1H3. The molecule has 0 N–H and O–H groups in total. The van der Waals surface area contributed by atoms with Crippen LogP contribution in [0.2, 0.25) is 0 Å². The Kier molecular flexibility index (Phi) is 7.32. The number of esters is 1. The SMILES string of the molecule is COC(=O)c1ccc2c(C3CCCCC3)c3n(c2c1)CCN(CCN1CCOCC1)Cc1ccccc1-3. The highest BCUT2D eigenvalue weighted by Crippen LogP contribution is 2.45. The van der Waals surface area contributed by atoms with Gasteiger partial charge in [-0.05, 0) is 42.0 Å². The summed E-state index contributed by atoms with van der Waals surface area (Å²) in [5.74, 6) is 0.302. The molecule has 196 valence electrons. The van der Waals surface area contributed by atoms with Crippen molar-refractivity contribution in [1.29, 1.82) is 0 Å². The van der Waals surface area contributed by atoms with E-state index in [1.165, 1.54) is 72.5 Å². The van der Waals surface area contributed by atoms with Gasteiger partial charge in [0.15, 0.2) is 0 Å². The molecule has 0 amide bonds. The van der Waals surface area contributed by atoms with Crippen LogP contribution >= 0.6 is 0 Å². The Morgan fingerprint density at radius 1 is 0.946 bits per heavy atom. The van der Waals surface area contributed by atoms with E-state index in [0.717, 1.165) is 59.0 Å². The Labute approximate surface area is 220 Å². The third kappa shape index (κ3) is 4.95. The summed E-state index contributed by atoms with van der Waals surface area (Å²) in [5, 5.41) is 1.31. The average Bonchev–Trinajstić information content (AvgIpc) is 3.27. The lowest BCUT2D eigenvalue weighted by molar-refractivity contribution is 0.0327. The van der Waals surface area contributed by atoms with E-state index >= 15 is 0 Å². The van der Waals surface area contributed by atoms with E-state index in [9.17, 15) is 4.79 Å². The van der Waals surface area contributed by atoms with Crippen molar-refractivity contribution < 1.29 is 14.3 Å². The van der Waals surface area contributed by atoms with Crippen molar-refractivity contribution in [3.63, 3.8) is 0 Å². The normalized spacial score (nSPS) is 19.7. The van der Waals surface area contributed by atoms with Crippen LogP contribution in [0.25, 0.3) is 22.2 Å². The monoisotopic (exact) mass is 501 g/mol. The summed E-state index contributed by atoms with van der Waals surface area (Å²) in [6.07, 6.45) is 6.44. The number of morpholine rings is 1. The zero-order valence-electron chi connectivity index (χ0n) is 22.1. The second-order valence-electron chi connectivity index (χ2n) is 10.9. The van der Waals surface area contributed by atoms with Gasteiger partial charge >= 0.3 is 5.97 Å². The summed E-state index contributed by atoms with van der Waals surface area (Å²) in [6, 6.07) is 15.2. The van der Waals surface area contributed by atoms with Gasteiger partial charge < -0.3 is 14.0 Å². The van der Waals surface area contributed by atoms with Crippen LogP contribution in [0.4, 0.5) is 0 Å². The highest BCUT2D eigenvalue weighted by molar-refractivity contribution is 5.99. The Bertz CT molecular complexity index is 1250. The van der Waals surface area contributed by atoms with Crippen molar-refractivity contribution in [3.05, 3.63) is 59.2 Å². The van der Waals surface area contributed by atoms with Crippen LogP contribution in [0.1, 0.15) is 59.5 Å². The van der Waals surface area contributed by atoms with Crippen molar-refractivity contribution in [1.82, 2.24) is 14.4 Å². The lowest BCUT2D eigenvalue weighted by Crippen LogP contribution is -2.42. The number of benzene rings is 2. The first-order chi connectivity index (χ1) is 18.2. The van der Waals surface area contributed by atoms with Gasteiger partial charge in [-0.25, -0.2) is 4.79 Å². The van der Waals surface area contributed by atoms with Gasteiger partial charge in [-0.2, -0.15) is 0 Å². The number of nitrogens with zero attached hydrogens (tertiary/aromatic N) is 3. The van der Waals surface area contributed by atoms with Crippen molar-refractivity contribution in [2.75, 3.05) is 53.0 Å². The smallest absolute Gasteiger partial charge is 0.337 e. The first kappa shape index (κ1) is 24.7. The van der Waals surface area contributed by atoms with Gasteiger partial charge in [0.25, 0.3) is 0 Å². The summed E-state index contributed by atoms with van der Waals surface area (Å²) in [6.45, 7) is 8.73. The van der Waals surface area contributed by atoms with Crippen LogP contribution < -0.4 is 0 Å². The highest BCUT2D eigenvalue weighted by atomic mass is 16.5. The molecule has 0 radical (unpaired) electrons. The van der Waals surface area contributed by atoms with Crippen LogP contribution in [0, 0.1) is 0 Å². The molecule has 2 aromatic carbocycles. The molecule has 2 aliphatic heterocycles. The van der Waals surface area contributed by atoms with Crippen molar-refractivity contribution in [2.24, 2.45) is 0 Å². The fraction of sp³-hybridized carbons (Fsp3) is 0.516. The molecule has 3 aromatic rings. The molecular formula is C31H39N3O3. The molecule has 6 rings (SSSR count). The van der Waals surface area contributed by atoms with Gasteiger partial charge in [0, 0.05) is 62.3 Å². The van der Waals surface area contributed by atoms with Crippen LogP contribution in [0.5, 0.6) is 0 Å². The Morgan fingerprint density at radius 3 is 2.54 bits per heavy atom. The zero-order valence-corrected chi connectivity index (χ0v) is 22.1. The number of hydrogen-bond donors (Lipinski definition) is 0. The maximum Gasteiger partial charge on any atom is 0.337 e. The number of hydrogen-bond acceptors (Lipinski definition) is 5. The minimum absolute atomic E-state index is 0.268. The molecule has 1 aromatic heterocycles. The molecule has 1 aliphatic carbocycles. The Hall–Kier alpha value is -2.67. The number of rotatable bonds is 5. The number of carbonyl (C=O) groups excluding carboxylic acids is 1. The summed E-state index contributed by atoms with van der Waals surface area (Å²) >= 11 is 0. The molecule has 1 saturated carbocycles. The first-order valence-corrected chi connectivity index (χ1v) is 14.1. The predicted molar refractivity (Wildman–Crippen MR) is 147 cm³/mol. The molecule has 3 aliphatic rings. The van der Waals surface area contributed by atoms with Crippen LogP contribution in [0.3, 0.4) is 0 Å². The van der Waals surface area contributed by atoms with Gasteiger partial charge in [0.2, 0.25) is 0 Å². The maximum absolute atomic E-state index is 12.5. The topological polar surface area (TPSA) is 46.9 Å². The van der Waals surface area contributed by atoms with Gasteiger partial charge in [-0.1, -0.05) is 49.6 Å². The second kappa shape index (κ2) is 11.0. The number of methoxy groups -OCH3 is 1. The highest BCUT2D eigenvalue weighted by Gasteiger charge is 2.29. The minimum Gasteiger partial charge on any atom is -0.465 e. The van der Waals surface area contributed by atoms with E-state index in [0.29, 0.717) is 11.5 Å².